The molecule has 1 unspecified atom stereocenters. The maximum absolute atomic E-state index is 12.8. The summed E-state index contributed by atoms with van der Waals surface area (Å²) in [6.07, 6.45) is -1.74. The maximum Gasteiger partial charge on any atom is 0.416 e. The zero-order valence-electron chi connectivity index (χ0n) is 13.1. The van der Waals surface area contributed by atoms with Crippen LogP contribution in [0.5, 0.6) is 0 Å². The minimum Gasteiger partial charge on any atom is -0.310 e. The third kappa shape index (κ3) is 3.94. The Labute approximate surface area is 134 Å². The molecule has 3 rings (SSSR count). The number of nitrogens with one attached hydrogen (secondary N) is 1. The molecule has 23 heavy (non-hydrogen) atoms. The van der Waals surface area contributed by atoms with E-state index in [1.54, 1.807) is 6.07 Å². The van der Waals surface area contributed by atoms with Gasteiger partial charge in [0, 0.05) is 12.6 Å². The van der Waals surface area contributed by atoms with E-state index in [0.29, 0.717) is 13.0 Å². The van der Waals surface area contributed by atoms with Crippen LogP contribution in [0.4, 0.5) is 13.2 Å². The fraction of sp³-hybridized carbons (Fsp3) is 0.368. The minimum atomic E-state index is -4.27. The summed E-state index contributed by atoms with van der Waals surface area (Å²) in [6, 6.07) is 12.7. The van der Waals surface area contributed by atoms with Crippen LogP contribution in [0.25, 0.3) is 0 Å². The van der Waals surface area contributed by atoms with Gasteiger partial charge in [0.1, 0.15) is 0 Å². The molecule has 1 aliphatic rings. The summed E-state index contributed by atoms with van der Waals surface area (Å²) >= 11 is 0. The fourth-order valence-electron chi connectivity index (χ4n) is 3.17. The first-order valence-corrected chi connectivity index (χ1v) is 7.90. The number of fused-ring (bicyclic) bond motifs is 1. The normalized spacial score (nSPS) is 17.8. The highest BCUT2D eigenvalue weighted by Crippen LogP contribution is 2.32. The number of aryl methyl sites for hydroxylation is 2. The van der Waals surface area contributed by atoms with E-state index in [-0.39, 0.29) is 6.04 Å². The van der Waals surface area contributed by atoms with Gasteiger partial charge < -0.3 is 5.32 Å². The van der Waals surface area contributed by atoms with Crippen LogP contribution in [0.15, 0.2) is 42.5 Å². The number of rotatable bonds is 3. The van der Waals surface area contributed by atoms with E-state index in [1.807, 2.05) is 6.07 Å². The van der Waals surface area contributed by atoms with Crippen molar-refractivity contribution in [3.8, 4) is 0 Å². The predicted molar refractivity (Wildman–Crippen MR) is 85.3 cm³/mol. The molecular formula is C19H20F3N. The molecule has 0 amide bonds. The molecule has 1 atom stereocenters. The molecule has 1 heterocycles. The van der Waals surface area contributed by atoms with Crippen molar-refractivity contribution in [2.45, 2.75) is 44.9 Å². The first-order valence-electron chi connectivity index (χ1n) is 7.90. The summed E-state index contributed by atoms with van der Waals surface area (Å²) in [6.45, 7) is 2.71. The Bertz CT molecular complexity index is 691. The van der Waals surface area contributed by atoms with E-state index in [2.05, 4.69) is 30.4 Å². The van der Waals surface area contributed by atoms with E-state index >= 15 is 0 Å². The Kier molecular flexibility index (Phi) is 4.44. The Morgan fingerprint density at radius 2 is 1.91 bits per heavy atom. The van der Waals surface area contributed by atoms with Crippen LogP contribution in [-0.4, -0.2) is 6.04 Å². The monoisotopic (exact) mass is 319 g/mol. The van der Waals surface area contributed by atoms with Crippen LogP contribution in [0.1, 0.15) is 34.2 Å². The SMILES string of the molecule is Cc1cccc(CCC2Cc3cc(C(F)(F)F)ccc3CN2)c1. The van der Waals surface area contributed by atoms with Crippen LogP contribution in [0, 0.1) is 6.92 Å². The molecule has 0 fully saturated rings. The summed E-state index contributed by atoms with van der Waals surface area (Å²) in [5.74, 6) is 0. The van der Waals surface area contributed by atoms with Gasteiger partial charge in [-0.15, -0.1) is 0 Å². The summed E-state index contributed by atoms with van der Waals surface area (Å²) in [5, 5.41) is 3.44. The van der Waals surface area contributed by atoms with Gasteiger partial charge in [-0.2, -0.15) is 13.2 Å². The van der Waals surface area contributed by atoms with Crippen molar-refractivity contribution in [3.63, 3.8) is 0 Å². The van der Waals surface area contributed by atoms with E-state index in [0.717, 1.165) is 24.0 Å². The first-order chi connectivity index (χ1) is 10.9. The van der Waals surface area contributed by atoms with Crippen LogP contribution < -0.4 is 5.32 Å². The van der Waals surface area contributed by atoms with Crippen LogP contribution in [0.2, 0.25) is 0 Å². The van der Waals surface area contributed by atoms with E-state index < -0.39 is 11.7 Å². The number of halogens is 3. The number of benzene rings is 2. The van der Waals surface area contributed by atoms with Gasteiger partial charge in [0.25, 0.3) is 0 Å². The third-order valence-corrected chi connectivity index (χ3v) is 4.45. The lowest BCUT2D eigenvalue weighted by molar-refractivity contribution is -0.137. The first kappa shape index (κ1) is 16.1. The lowest BCUT2D eigenvalue weighted by atomic mass is 9.91. The lowest BCUT2D eigenvalue weighted by Crippen LogP contribution is -2.36. The molecule has 0 radical (unpaired) electrons. The molecule has 1 nitrogen and oxygen atoms in total. The quantitative estimate of drug-likeness (QED) is 0.867. The number of hydrogen-bond donors (Lipinski definition) is 1. The van der Waals surface area contributed by atoms with Crippen molar-refractivity contribution in [2.75, 3.05) is 0 Å². The fourth-order valence-corrected chi connectivity index (χ4v) is 3.17. The van der Waals surface area contributed by atoms with Crippen molar-refractivity contribution in [2.24, 2.45) is 0 Å². The van der Waals surface area contributed by atoms with Crippen LogP contribution in [0.3, 0.4) is 0 Å². The molecule has 2 aromatic rings. The second-order valence-corrected chi connectivity index (χ2v) is 6.29. The van der Waals surface area contributed by atoms with Crippen molar-refractivity contribution in [1.29, 1.82) is 0 Å². The average Bonchev–Trinajstić information content (AvgIpc) is 2.51. The zero-order valence-corrected chi connectivity index (χ0v) is 13.1. The smallest absolute Gasteiger partial charge is 0.310 e. The zero-order chi connectivity index (χ0) is 16.4. The van der Waals surface area contributed by atoms with E-state index in [9.17, 15) is 13.2 Å². The molecule has 0 bridgehead atoms. The summed E-state index contributed by atoms with van der Waals surface area (Å²) in [5.41, 5.74) is 3.77. The minimum absolute atomic E-state index is 0.228. The molecule has 4 heteroatoms. The molecule has 1 N–H and O–H groups in total. The van der Waals surface area contributed by atoms with Gasteiger partial charge in [-0.25, -0.2) is 0 Å². The standard InChI is InChI=1S/C19H20F3N/c1-13-3-2-4-14(9-13)5-8-18-11-16-10-17(19(20,21)22)7-6-15(16)12-23-18/h2-4,6-7,9-10,18,23H,5,8,11-12H2,1H3. The Morgan fingerprint density at radius 1 is 1.09 bits per heavy atom. The summed E-state index contributed by atoms with van der Waals surface area (Å²) in [7, 11) is 0. The topological polar surface area (TPSA) is 12.0 Å². The van der Waals surface area contributed by atoms with Crippen LogP contribution in [-0.2, 0) is 25.6 Å². The Morgan fingerprint density at radius 3 is 2.65 bits per heavy atom. The highest BCUT2D eigenvalue weighted by Gasteiger charge is 2.31. The van der Waals surface area contributed by atoms with Gasteiger partial charge in [0.15, 0.2) is 0 Å². The highest BCUT2D eigenvalue weighted by molar-refractivity contribution is 5.35. The predicted octanol–water partition coefficient (Wildman–Crippen LogP) is 4.66. The maximum atomic E-state index is 12.8. The average molecular weight is 319 g/mol. The number of hydrogen-bond acceptors (Lipinski definition) is 1. The summed E-state index contributed by atoms with van der Waals surface area (Å²) < 4.78 is 38.5. The van der Waals surface area contributed by atoms with Crippen molar-refractivity contribution >= 4 is 0 Å². The van der Waals surface area contributed by atoms with Crippen LogP contribution >= 0.6 is 0 Å². The van der Waals surface area contributed by atoms with E-state index in [1.165, 1.54) is 23.3 Å². The van der Waals surface area contributed by atoms with E-state index in [4.69, 9.17) is 0 Å². The third-order valence-electron chi connectivity index (χ3n) is 4.45. The molecule has 0 saturated heterocycles. The molecule has 0 spiro atoms. The molecule has 2 aromatic carbocycles. The molecule has 122 valence electrons. The Balaban J connectivity index is 1.67. The summed E-state index contributed by atoms with van der Waals surface area (Å²) in [4.78, 5) is 0. The molecule has 0 aromatic heterocycles. The molecule has 0 saturated carbocycles. The second-order valence-electron chi connectivity index (χ2n) is 6.29. The van der Waals surface area contributed by atoms with Gasteiger partial charge in [0.2, 0.25) is 0 Å². The van der Waals surface area contributed by atoms with Gasteiger partial charge in [0.05, 0.1) is 5.56 Å². The van der Waals surface area contributed by atoms with Gasteiger partial charge in [-0.1, -0.05) is 35.9 Å². The van der Waals surface area contributed by atoms with Crippen molar-refractivity contribution < 1.29 is 13.2 Å². The van der Waals surface area contributed by atoms with Crippen molar-refractivity contribution in [3.05, 3.63) is 70.3 Å². The highest BCUT2D eigenvalue weighted by atomic mass is 19.4. The molecule has 1 aliphatic heterocycles. The lowest BCUT2D eigenvalue weighted by Gasteiger charge is -2.27. The van der Waals surface area contributed by atoms with Gasteiger partial charge in [-0.3, -0.25) is 0 Å². The molecule has 0 aliphatic carbocycles. The number of alkyl halides is 3. The Hall–Kier alpha value is -1.81. The molecular weight excluding hydrogens is 299 g/mol. The van der Waals surface area contributed by atoms with Gasteiger partial charge in [-0.05, 0) is 55.0 Å². The second kappa shape index (κ2) is 6.36. The van der Waals surface area contributed by atoms with Crippen molar-refractivity contribution in [1.82, 2.24) is 5.32 Å². The van der Waals surface area contributed by atoms with Gasteiger partial charge >= 0.3 is 6.18 Å². The largest absolute Gasteiger partial charge is 0.416 e.